The highest BCUT2D eigenvalue weighted by atomic mass is 79.9. The van der Waals surface area contributed by atoms with Gasteiger partial charge in [0.05, 0.1) is 0 Å². The predicted molar refractivity (Wildman–Crippen MR) is 46.9 cm³/mol. The quantitative estimate of drug-likeness (QED) is 0.722. The molecule has 0 aliphatic heterocycles. The first-order valence-electron chi connectivity index (χ1n) is 3.22. The largest absolute Gasteiger partial charge is 0.251 e. The molecule has 1 aromatic carbocycles. The third kappa shape index (κ3) is 2.12. The molecule has 1 rings (SSSR count). The Balaban J connectivity index is 2.69. The van der Waals surface area contributed by atoms with E-state index in [9.17, 15) is 0 Å². The number of halogens is 1. The number of rotatable bonds is 2. The number of benzene rings is 1. The third-order valence-electron chi connectivity index (χ3n) is 1.39. The first kappa shape index (κ1) is 7.76. The topological polar surface area (TPSA) is 12.0 Å². The summed E-state index contributed by atoms with van der Waals surface area (Å²) in [7, 11) is 0. The van der Waals surface area contributed by atoms with Crippen molar-refractivity contribution in [2.75, 3.05) is 0 Å². The second kappa shape index (κ2) is 3.74. The van der Waals surface area contributed by atoms with Gasteiger partial charge in [0.2, 0.25) is 0 Å². The smallest absolute Gasteiger partial charge is 0.0312 e. The van der Waals surface area contributed by atoms with Gasteiger partial charge in [0.15, 0.2) is 0 Å². The zero-order chi connectivity index (χ0) is 7.40. The van der Waals surface area contributed by atoms with Crippen molar-refractivity contribution < 1.29 is 0 Å². The van der Waals surface area contributed by atoms with Gasteiger partial charge < -0.3 is 0 Å². The summed E-state index contributed by atoms with van der Waals surface area (Å²) in [5.74, 6) is 0. The van der Waals surface area contributed by atoms with E-state index in [1.54, 1.807) is 0 Å². The van der Waals surface area contributed by atoms with Crippen molar-refractivity contribution in [3.63, 3.8) is 0 Å². The maximum absolute atomic E-state index is 3.15. The molecule has 0 unspecified atom stereocenters. The lowest BCUT2D eigenvalue weighted by Gasteiger charge is -1.97. The van der Waals surface area contributed by atoms with Crippen LogP contribution in [0.2, 0.25) is 0 Å². The van der Waals surface area contributed by atoms with Crippen molar-refractivity contribution >= 4 is 16.1 Å². The highest BCUT2D eigenvalue weighted by Gasteiger charge is 1.88. The van der Waals surface area contributed by atoms with Crippen LogP contribution in [-0.2, 0) is 6.54 Å². The summed E-state index contributed by atoms with van der Waals surface area (Å²) >= 11 is 3.15. The summed E-state index contributed by atoms with van der Waals surface area (Å²) in [5, 5.41) is 0. The van der Waals surface area contributed by atoms with Crippen LogP contribution in [0.15, 0.2) is 24.3 Å². The molecule has 0 saturated carbocycles. The van der Waals surface area contributed by atoms with E-state index in [4.69, 9.17) is 0 Å². The van der Waals surface area contributed by atoms with Crippen molar-refractivity contribution in [2.24, 2.45) is 0 Å². The Morgan fingerprint density at radius 1 is 1.30 bits per heavy atom. The molecule has 1 N–H and O–H groups in total. The summed E-state index contributed by atoms with van der Waals surface area (Å²) in [4.78, 5) is 0. The summed E-state index contributed by atoms with van der Waals surface area (Å²) in [6, 6.07) is 8.45. The maximum atomic E-state index is 3.15. The highest BCUT2D eigenvalue weighted by molar-refractivity contribution is 9.08. The Labute approximate surface area is 69.8 Å². The zero-order valence-corrected chi connectivity index (χ0v) is 7.48. The van der Waals surface area contributed by atoms with Crippen LogP contribution in [0.5, 0.6) is 0 Å². The Morgan fingerprint density at radius 3 is 2.40 bits per heavy atom. The van der Waals surface area contributed by atoms with Crippen LogP contribution in [0, 0.1) is 6.92 Å². The molecule has 0 bridgehead atoms. The molecule has 1 nitrogen and oxygen atoms in total. The predicted octanol–water partition coefficient (Wildman–Crippen LogP) is 2.39. The number of nitrogens with one attached hydrogen (secondary N) is 1. The molecule has 10 heavy (non-hydrogen) atoms. The molecule has 0 atom stereocenters. The zero-order valence-electron chi connectivity index (χ0n) is 5.89. The molecule has 0 fully saturated rings. The minimum absolute atomic E-state index is 0.875. The molecular formula is C8H10BrN. The second-order valence-electron chi connectivity index (χ2n) is 2.30. The molecule has 0 amide bonds. The summed E-state index contributed by atoms with van der Waals surface area (Å²) in [6.07, 6.45) is 0. The lowest BCUT2D eigenvalue weighted by molar-refractivity contribution is 0.994. The molecule has 0 aliphatic rings. The second-order valence-corrected chi connectivity index (χ2v) is 2.86. The van der Waals surface area contributed by atoms with E-state index < -0.39 is 0 Å². The monoisotopic (exact) mass is 199 g/mol. The van der Waals surface area contributed by atoms with E-state index in [0.29, 0.717) is 0 Å². The van der Waals surface area contributed by atoms with Gasteiger partial charge in [0.1, 0.15) is 0 Å². The van der Waals surface area contributed by atoms with Crippen LogP contribution < -0.4 is 4.34 Å². The van der Waals surface area contributed by atoms with Gasteiger partial charge in [-0.25, -0.2) is 0 Å². The molecule has 0 saturated heterocycles. The van der Waals surface area contributed by atoms with E-state index in [1.165, 1.54) is 11.1 Å². The molecule has 0 aromatic heterocycles. The minimum Gasteiger partial charge on any atom is -0.251 e. The lowest BCUT2D eigenvalue weighted by atomic mass is 10.2. The molecule has 0 spiro atoms. The number of aryl methyl sites for hydroxylation is 1. The van der Waals surface area contributed by atoms with Crippen molar-refractivity contribution in [1.29, 1.82) is 0 Å². The van der Waals surface area contributed by atoms with E-state index in [0.717, 1.165) is 6.54 Å². The Morgan fingerprint density at radius 2 is 1.90 bits per heavy atom. The molecule has 0 heterocycles. The summed E-state index contributed by atoms with van der Waals surface area (Å²) in [6.45, 7) is 2.96. The van der Waals surface area contributed by atoms with E-state index in [-0.39, 0.29) is 0 Å². The van der Waals surface area contributed by atoms with E-state index >= 15 is 0 Å². The van der Waals surface area contributed by atoms with Gasteiger partial charge in [-0.3, -0.25) is 4.34 Å². The van der Waals surface area contributed by atoms with Crippen LogP contribution in [-0.4, -0.2) is 0 Å². The normalized spacial score (nSPS) is 9.80. The van der Waals surface area contributed by atoms with Gasteiger partial charge in [0.25, 0.3) is 0 Å². The van der Waals surface area contributed by atoms with Gasteiger partial charge in [-0.2, -0.15) is 0 Å². The van der Waals surface area contributed by atoms with Gasteiger partial charge in [-0.05, 0) is 12.5 Å². The molecule has 2 heteroatoms. The van der Waals surface area contributed by atoms with Crippen LogP contribution in [0.4, 0.5) is 0 Å². The van der Waals surface area contributed by atoms with Gasteiger partial charge in [0, 0.05) is 22.7 Å². The van der Waals surface area contributed by atoms with Crippen molar-refractivity contribution in [3.05, 3.63) is 35.4 Å². The highest BCUT2D eigenvalue weighted by Crippen LogP contribution is 2.02. The molecule has 54 valence electrons. The van der Waals surface area contributed by atoms with Crippen molar-refractivity contribution in [3.8, 4) is 0 Å². The Hall–Kier alpha value is -0.340. The Kier molecular flexibility index (Phi) is 2.90. The molecule has 0 aliphatic carbocycles. The van der Waals surface area contributed by atoms with Gasteiger partial charge >= 0.3 is 0 Å². The van der Waals surface area contributed by atoms with Crippen LogP contribution in [0.3, 0.4) is 0 Å². The van der Waals surface area contributed by atoms with Crippen molar-refractivity contribution in [2.45, 2.75) is 13.5 Å². The fraction of sp³-hybridized carbons (Fsp3) is 0.250. The number of hydrogen-bond acceptors (Lipinski definition) is 1. The lowest BCUT2D eigenvalue weighted by Crippen LogP contribution is -1.96. The van der Waals surface area contributed by atoms with Crippen LogP contribution in [0.1, 0.15) is 11.1 Å². The standard InChI is InChI=1S/C8H10BrN/c1-7-2-4-8(5-3-7)6-10-9/h2-5,10H,6H2,1H3. The summed E-state index contributed by atoms with van der Waals surface area (Å²) < 4.78 is 2.92. The SMILES string of the molecule is Cc1ccc(CNBr)cc1. The fourth-order valence-electron chi connectivity index (χ4n) is 0.783. The third-order valence-corrected chi connectivity index (χ3v) is 1.67. The molecule has 1 aromatic rings. The average molecular weight is 200 g/mol. The maximum Gasteiger partial charge on any atom is 0.0312 e. The fourth-order valence-corrected chi connectivity index (χ4v) is 1.11. The van der Waals surface area contributed by atoms with Gasteiger partial charge in [-0.15, -0.1) is 0 Å². The molecule has 0 radical (unpaired) electrons. The number of hydrogen-bond donors (Lipinski definition) is 1. The van der Waals surface area contributed by atoms with E-state index in [1.807, 2.05) is 0 Å². The van der Waals surface area contributed by atoms with E-state index in [2.05, 4.69) is 51.7 Å². The Bertz CT molecular complexity index is 193. The van der Waals surface area contributed by atoms with Crippen molar-refractivity contribution in [1.82, 2.24) is 4.34 Å². The van der Waals surface area contributed by atoms with Gasteiger partial charge in [-0.1, -0.05) is 29.8 Å². The summed E-state index contributed by atoms with van der Waals surface area (Å²) in [5.41, 5.74) is 2.60. The molecular weight excluding hydrogens is 190 g/mol. The van der Waals surface area contributed by atoms with Crippen LogP contribution >= 0.6 is 16.1 Å². The first-order chi connectivity index (χ1) is 4.83. The minimum atomic E-state index is 0.875. The first-order valence-corrected chi connectivity index (χ1v) is 4.01. The van der Waals surface area contributed by atoms with Crippen LogP contribution in [0.25, 0.3) is 0 Å². The average Bonchev–Trinajstić information content (AvgIpc) is 1.95.